The van der Waals surface area contributed by atoms with Gasteiger partial charge in [0, 0.05) is 30.7 Å². The van der Waals surface area contributed by atoms with Crippen molar-refractivity contribution in [3.05, 3.63) is 33.8 Å². The highest BCUT2D eigenvalue weighted by atomic mass is 79.9. The van der Waals surface area contributed by atoms with Crippen LogP contribution in [-0.2, 0) is 13.1 Å². The van der Waals surface area contributed by atoms with Crippen LogP contribution in [0.15, 0.2) is 22.7 Å². The Bertz CT molecular complexity index is 327. The third-order valence-corrected chi connectivity index (χ3v) is 3.08. The second-order valence-corrected chi connectivity index (χ2v) is 4.62. The average Bonchev–Trinajstić information content (AvgIpc) is 2.56. The van der Waals surface area contributed by atoms with Crippen molar-refractivity contribution in [3.63, 3.8) is 0 Å². The van der Waals surface area contributed by atoms with Gasteiger partial charge in [0.25, 0.3) is 0 Å². The smallest absolute Gasteiger partial charge is 0.0443 e. The van der Waals surface area contributed by atoms with Crippen LogP contribution < -0.4 is 0 Å². The van der Waals surface area contributed by atoms with Gasteiger partial charge in [0.05, 0.1) is 0 Å². The summed E-state index contributed by atoms with van der Waals surface area (Å²) in [6, 6.07) is 6.46. The highest BCUT2D eigenvalue weighted by Crippen LogP contribution is 2.25. The Morgan fingerprint density at radius 3 is 2.86 bits per heavy atom. The Labute approximate surface area is 92.7 Å². The van der Waals surface area contributed by atoms with Crippen LogP contribution >= 0.6 is 15.9 Å². The number of aliphatic hydroxyl groups excluding tert-OH is 1. The van der Waals surface area contributed by atoms with Gasteiger partial charge in [0.2, 0.25) is 0 Å². The van der Waals surface area contributed by atoms with Crippen LogP contribution in [0.5, 0.6) is 0 Å². The van der Waals surface area contributed by atoms with Crippen LogP contribution in [0.4, 0.5) is 0 Å². The van der Waals surface area contributed by atoms with Gasteiger partial charge in [-0.15, -0.1) is 0 Å². The van der Waals surface area contributed by atoms with Crippen molar-refractivity contribution in [1.29, 1.82) is 0 Å². The molecular formula is C11H14BrNO. The summed E-state index contributed by atoms with van der Waals surface area (Å²) in [4.78, 5) is 2.37. The summed E-state index contributed by atoms with van der Waals surface area (Å²) in [5.74, 6) is 0. The first-order valence-corrected chi connectivity index (χ1v) is 5.69. The molecule has 0 fully saturated rings. The van der Waals surface area contributed by atoms with Crippen molar-refractivity contribution in [2.75, 3.05) is 13.2 Å². The Morgan fingerprint density at radius 1 is 1.29 bits per heavy atom. The van der Waals surface area contributed by atoms with E-state index in [1.807, 2.05) is 0 Å². The third kappa shape index (κ3) is 2.16. The summed E-state index contributed by atoms with van der Waals surface area (Å²) in [6.07, 6.45) is 0.870. The Balaban J connectivity index is 2.03. The van der Waals surface area contributed by atoms with Gasteiger partial charge < -0.3 is 5.11 Å². The number of benzene rings is 1. The molecule has 0 spiro atoms. The molecule has 2 rings (SSSR count). The normalized spacial score (nSPS) is 15.9. The molecule has 76 valence electrons. The fraction of sp³-hybridized carbons (Fsp3) is 0.455. The molecule has 0 aromatic heterocycles. The Hall–Kier alpha value is -0.380. The zero-order chi connectivity index (χ0) is 9.97. The van der Waals surface area contributed by atoms with E-state index in [2.05, 4.69) is 39.0 Å². The van der Waals surface area contributed by atoms with E-state index in [9.17, 15) is 0 Å². The minimum Gasteiger partial charge on any atom is -0.396 e. The van der Waals surface area contributed by atoms with E-state index in [-0.39, 0.29) is 6.61 Å². The maximum atomic E-state index is 8.75. The Kier molecular flexibility index (Phi) is 3.21. The predicted molar refractivity (Wildman–Crippen MR) is 60.0 cm³/mol. The summed E-state index contributed by atoms with van der Waals surface area (Å²) >= 11 is 3.48. The van der Waals surface area contributed by atoms with Gasteiger partial charge in [-0.05, 0) is 29.7 Å². The first kappa shape index (κ1) is 10.1. The molecular weight excluding hydrogens is 242 g/mol. The minimum atomic E-state index is 0.288. The van der Waals surface area contributed by atoms with Crippen LogP contribution in [0.1, 0.15) is 17.5 Å². The van der Waals surface area contributed by atoms with Crippen LogP contribution in [0, 0.1) is 0 Å². The van der Waals surface area contributed by atoms with E-state index in [1.54, 1.807) is 0 Å². The number of fused-ring (bicyclic) bond motifs is 1. The van der Waals surface area contributed by atoms with Crippen LogP contribution in [0.2, 0.25) is 0 Å². The topological polar surface area (TPSA) is 23.5 Å². The second-order valence-electron chi connectivity index (χ2n) is 3.70. The number of hydrogen-bond acceptors (Lipinski definition) is 2. The molecule has 1 aliphatic heterocycles. The minimum absolute atomic E-state index is 0.288. The molecule has 0 saturated heterocycles. The van der Waals surface area contributed by atoms with Crippen LogP contribution in [0.3, 0.4) is 0 Å². The molecule has 1 N–H and O–H groups in total. The summed E-state index contributed by atoms with van der Waals surface area (Å²) < 4.78 is 1.15. The number of aliphatic hydroxyl groups is 1. The van der Waals surface area contributed by atoms with Crippen molar-refractivity contribution in [2.45, 2.75) is 19.5 Å². The molecule has 0 atom stereocenters. The van der Waals surface area contributed by atoms with Gasteiger partial charge in [-0.25, -0.2) is 0 Å². The fourth-order valence-electron chi connectivity index (χ4n) is 1.89. The SMILES string of the molecule is OCCCN1Cc2ccc(Br)cc2C1. The van der Waals surface area contributed by atoms with Gasteiger partial charge >= 0.3 is 0 Å². The van der Waals surface area contributed by atoms with E-state index in [4.69, 9.17) is 5.11 Å². The molecule has 1 aliphatic rings. The molecule has 1 heterocycles. The average molecular weight is 256 g/mol. The van der Waals surface area contributed by atoms with Gasteiger partial charge in [-0.2, -0.15) is 0 Å². The van der Waals surface area contributed by atoms with Crippen molar-refractivity contribution in [2.24, 2.45) is 0 Å². The number of halogens is 1. The molecule has 2 nitrogen and oxygen atoms in total. The first-order valence-electron chi connectivity index (χ1n) is 4.90. The number of rotatable bonds is 3. The van der Waals surface area contributed by atoms with Crippen molar-refractivity contribution >= 4 is 15.9 Å². The molecule has 0 radical (unpaired) electrons. The highest BCUT2D eigenvalue weighted by Gasteiger charge is 2.17. The second kappa shape index (κ2) is 4.43. The monoisotopic (exact) mass is 255 g/mol. The molecule has 14 heavy (non-hydrogen) atoms. The van der Waals surface area contributed by atoms with Gasteiger partial charge in [-0.1, -0.05) is 22.0 Å². The van der Waals surface area contributed by atoms with E-state index in [1.165, 1.54) is 11.1 Å². The van der Waals surface area contributed by atoms with E-state index >= 15 is 0 Å². The van der Waals surface area contributed by atoms with Crippen molar-refractivity contribution < 1.29 is 5.11 Å². The molecule has 0 aliphatic carbocycles. The standard InChI is InChI=1S/C11H14BrNO/c12-11-3-2-9-7-13(4-1-5-14)8-10(9)6-11/h2-3,6,14H,1,4-5,7-8H2. The maximum Gasteiger partial charge on any atom is 0.0443 e. The van der Waals surface area contributed by atoms with Gasteiger partial charge in [0.1, 0.15) is 0 Å². The summed E-state index contributed by atoms with van der Waals surface area (Å²) in [5, 5.41) is 8.75. The molecule has 0 unspecified atom stereocenters. The quantitative estimate of drug-likeness (QED) is 0.895. The lowest BCUT2D eigenvalue weighted by molar-refractivity contribution is 0.226. The first-order chi connectivity index (χ1) is 6.79. The van der Waals surface area contributed by atoms with Crippen molar-refractivity contribution in [1.82, 2.24) is 4.90 Å². The summed E-state index contributed by atoms with van der Waals surface area (Å²) in [5.41, 5.74) is 2.84. The molecule has 1 aromatic rings. The van der Waals surface area contributed by atoms with E-state index in [0.29, 0.717) is 0 Å². The van der Waals surface area contributed by atoms with Crippen LogP contribution in [0.25, 0.3) is 0 Å². The predicted octanol–water partition coefficient (Wildman–Crippen LogP) is 2.15. The lowest BCUT2D eigenvalue weighted by atomic mass is 10.1. The molecule has 3 heteroatoms. The Morgan fingerprint density at radius 2 is 2.07 bits per heavy atom. The summed E-state index contributed by atoms with van der Waals surface area (Å²) in [6.45, 7) is 3.33. The summed E-state index contributed by atoms with van der Waals surface area (Å²) in [7, 11) is 0. The van der Waals surface area contributed by atoms with Gasteiger partial charge in [0.15, 0.2) is 0 Å². The molecule has 0 amide bonds. The number of nitrogens with zero attached hydrogens (tertiary/aromatic N) is 1. The van der Waals surface area contributed by atoms with Crippen molar-refractivity contribution in [3.8, 4) is 0 Å². The maximum absolute atomic E-state index is 8.75. The molecule has 1 aromatic carbocycles. The van der Waals surface area contributed by atoms with Gasteiger partial charge in [-0.3, -0.25) is 4.90 Å². The fourth-order valence-corrected chi connectivity index (χ4v) is 2.29. The number of hydrogen-bond donors (Lipinski definition) is 1. The lowest BCUT2D eigenvalue weighted by Crippen LogP contribution is -2.18. The highest BCUT2D eigenvalue weighted by molar-refractivity contribution is 9.10. The van der Waals surface area contributed by atoms with E-state index < -0.39 is 0 Å². The zero-order valence-electron chi connectivity index (χ0n) is 8.04. The van der Waals surface area contributed by atoms with E-state index in [0.717, 1.165) is 30.5 Å². The molecule has 0 saturated carbocycles. The third-order valence-electron chi connectivity index (χ3n) is 2.59. The van der Waals surface area contributed by atoms with Crippen LogP contribution in [-0.4, -0.2) is 23.2 Å². The largest absolute Gasteiger partial charge is 0.396 e. The zero-order valence-corrected chi connectivity index (χ0v) is 9.63. The lowest BCUT2D eigenvalue weighted by Gasteiger charge is -2.12. The molecule has 0 bridgehead atoms.